The Morgan fingerprint density at radius 2 is 1.68 bits per heavy atom. The molecule has 25 heavy (non-hydrogen) atoms. The highest BCUT2D eigenvalue weighted by Crippen LogP contribution is 2.24. The molecule has 2 rings (SSSR count). The van der Waals surface area contributed by atoms with Gasteiger partial charge in [-0.2, -0.15) is 0 Å². The minimum absolute atomic E-state index is 0.0377. The molecule has 0 bridgehead atoms. The second kappa shape index (κ2) is 7.80. The smallest absolute Gasteiger partial charge is 0.241 e. The van der Waals surface area contributed by atoms with Gasteiger partial charge in [0.05, 0.1) is 4.90 Å². The molecule has 0 radical (unpaired) electrons. The zero-order valence-electron chi connectivity index (χ0n) is 14.8. The Hall–Kier alpha value is -1.51. The highest BCUT2D eigenvalue weighted by atomic mass is 32.2. The van der Waals surface area contributed by atoms with Gasteiger partial charge in [-0.25, -0.2) is 13.1 Å². The van der Waals surface area contributed by atoms with Crippen LogP contribution in [-0.2, 0) is 14.8 Å². The molecule has 0 unspecified atom stereocenters. The number of sulfonamides is 1. The Kier molecular flexibility index (Phi) is 6.18. The first-order valence-electron chi connectivity index (χ1n) is 8.33. The number of nitrogens with one attached hydrogen (secondary N) is 3. The lowest BCUT2D eigenvalue weighted by molar-refractivity contribution is -0.123. The summed E-state index contributed by atoms with van der Waals surface area (Å²) in [5.74, 6) is -0.0145. The summed E-state index contributed by atoms with van der Waals surface area (Å²) in [6.45, 7) is 5.35. The largest absolute Gasteiger partial charge is 0.332 e. The molecule has 0 aromatic heterocycles. The maximum Gasteiger partial charge on any atom is 0.241 e. The van der Waals surface area contributed by atoms with Crippen LogP contribution in [-0.4, -0.2) is 25.0 Å². The Morgan fingerprint density at radius 1 is 1.12 bits per heavy atom. The van der Waals surface area contributed by atoms with Crippen molar-refractivity contribution < 1.29 is 13.2 Å². The van der Waals surface area contributed by atoms with Gasteiger partial charge in [0.1, 0.15) is 0 Å². The third-order valence-corrected chi connectivity index (χ3v) is 5.80. The molecule has 1 fully saturated rings. The first kappa shape index (κ1) is 19.8. The zero-order valence-corrected chi connectivity index (χ0v) is 16.4. The number of amides is 1. The molecule has 0 spiro atoms. The van der Waals surface area contributed by atoms with Gasteiger partial charge in [-0.05, 0) is 70.1 Å². The van der Waals surface area contributed by atoms with E-state index < -0.39 is 15.6 Å². The van der Waals surface area contributed by atoms with E-state index in [0.29, 0.717) is 5.69 Å². The fourth-order valence-electron chi connectivity index (χ4n) is 2.74. The third-order valence-electron chi connectivity index (χ3n) is 3.83. The van der Waals surface area contributed by atoms with Gasteiger partial charge in [-0.15, -0.1) is 0 Å². The average molecular weight is 384 g/mol. The molecular formula is C17H25N3O3S2. The molecule has 0 aliphatic heterocycles. The van der Waals surface area contributed by atoms with Crippen molar-refractivity contribution in [3.8, 4) is 0 Å². The first-order valence-corrected chi connectivity index (χ1v) is 10.2. The predicted octanol–water partition coefficient (Wildman–Crippen LogP) is 2.77. The first-order chi connectivity index (χ1) is 11.6. The topological polar surface area (TPSA) is 87.3 Å². The van der Waals surface area contributed by atoms with Gasteiger partial charge in [-0.1, -0.05) is 12.8 Å². The minimum atomic E-state index is -3.57. The molecule has 1 amide bonds. The number of hydrogen-bond acceptors (Lipinski definition) is 4. The van der Waals surface area contributed by atoms with E-state index in [0.717, 1.165) is 25.7 Å². The molecular weight excluding hydrogens is 358 g/mol. The fraction of sp³-hybridized carbons (Fsp3) is 0.529. The van der Waals surface area contributed by atoms with Crippen molar-refractivity contribution in [3.05, 3.63) is 24.3 Å². The Labute approximate surface area is 154 Å². The molecule has 1 saturated carbocycles. The van der Waals surface area contributed by atoms with Gasteiger partial charge in [0.2, 0.25) is 15.9 Å². The molecule has 0 heterocycles. The van der Waals surface area contributed by atoms with Crippen molar-refractivity contribution in [2.24, 2.45) is 5.92 Å². The standard InChI is InChI=1S/C17H25N3O3S2/c1-17(2,3)20-25(22,23)14-10-8-13(9-11-14)18-16(24)19-15(21)12-6-4-5-7-12/h8-12,20H,4-7H2,1-3H3,(H2,18,19,21,24). The van der Waals surface area contributed by atoms with E-state index in [-0.39, 0.29) is 21.8 Å². The van der Waals surface area contributed by atoms with Crippen molar-refractivity contribution in [1.82, 2.24) is 10.0 Å². The van der Waals surface area contributed by atoms with Gasteiger partial charge in [0.25, 0.3) is 0 Å². The summed E-state index contributed by atoms with van der Waals surface area (Å²) >= 11 is 5.15. The molecule has 138 valence electrons. The molecule has 1 aliphatic carbocycles. The quantitative estimate of drug-likeness (QED) is 0.696. The number of carbonyl (C=O) groups excluding carboxylic acids is 1. The third kappa shape index (κ3) is 6.05. The fourth-order valence-corrected chi connectivity index (χ4v) is 4.38. The second-order valence-corrected chi connectivity index (χ2v) is 9.40. The van der Waals surface area contributed by atoms with E-state index in [2.05, 4.69) is 15.4 Å². The number of rotatable bonds is 4. The molecule has 1 aromatic rings. The SMILES string of the molecule is CC(C)(C)NS(=O)(=O)c1ccc(NC(=S)NC(=O)C2CCCC2)cc1. The maximum atomic E-state index is 12.3. The normalized spacial score (nSPS) is 15.8. The van der Waals surface area contributed by atoms with Crippen molar-refractivity contribution in [3.63, 3.8) is 0 Å². The van der Waals surface area contributed by atoms with E-state index >= 15 is 0 Å². The molecule has 8 heteroatoms. The Morgan fingerprint density at radius 3 is 2.20 bits per heavy atom. The van der Waals surface area contributed by atoms with E-state index in [4.69, 9.17) is 12.2 Å². The van der Waals surface area contributed by atoms with Crippen LogP contribution in [0.3, 0.4) is 0 Å². The number of benzene rings is 1. The van der Waals surface area contributed by atoms with Gasteiger partial charge < -0.3 is 10.6 Å². The summed E-state index contributed by atoms with van der Waals surface area (Å²) in [6, 6.07) is 6.23. The summed E-state index contributed by atoms with van der Waals surface area (Å²) in [5.41, 5.74) is 0.0633. The van der Waals surface area contributed by atoms with Gasteiger partial charge in [0, 0.05) is 17.1 Å². The molecule has 0 atom stereocenters. The van der Waals surface area contributed by atoms with Crippen molar-refractivity contribution >= 4 is 38.9 Å². The van der Waals surface area contributed by atoms with Crippen LogP contribution >= 0.6 is 12.2 Å². The molecule has 0 saturated heterocycles. The number of carbonyl (C=O) groups is 1. The van der Waals surface area contributed by atoms with Crippen LogP contribution in [0.25, 0.3) is 0 Å². The number of hydrogen-bond donors (Lipinski definition) is 3. The van der Waals surface area contributed by atoms with Crippen molar-refractivity contribution in [2.75, 3.05) is 5.32 Å². The minimum Gasteiger partial charge on any atom is -0.332 e. The summed E-state index contributed by atoms with van der Waals surface area (Å²) < 4.78 is 27.1. The lowest BCUT2D eigenvalue weighted by Crippen LogP contribution is -2.40. The Balaban J connectivity index is 1.95. The molecule has 6 nitrogen and oxygen atoms in total. The van der Waals surface area contributed by atoms with Crippen LogP contribution in [0.15, 0.2) is 29.2 Å². The van der Waals surface area contributed by atoms with Crippen LogP contribution in [0.4, 0.5) is 5.69 Å². The summed E-state index contributed by atoms with van der Waals surface area (Å²) in [5, 5.41) is 5.83. The van der Waals surface area contributed by atoms with Crippen molar-refractivity contribution in [2.45, 2.75) is 56.9 Å². The van der Waals surface area contributed by atoms with Crippen LogP contribution in [0, 0.1) is 5.92 Å². The van der Waals surface area contributed by atoms with E-state index in [9.17, 15) is 13.2 Å². The van der Waals surface area contributed by atoms with Gasteiger partial charge in [0.15, 0.2) is 5.11 Å². The van der Waals surface area contributed by atoms with E-state index in [1.165, 1.54) is 12.1 Å². The average Bonchev–Trinajstić information content (AvgIpc) is 2.99. The highest BCUT2D eigenvalue weighted by molar-refractivity contribution is 7.89. The van der Waals surface area contributed by atoms with E-state index in [1.807, 2.05) is 0 Å². The van der Waals surface area contributed by atoms with Crippen molar-refractivity contribution in [1.29, 1.82) is 0 Å². The molecule has 1 aliphatic rings. The van der Waals surface area contributed by atoms with Crippen LogP contribution < -0.4 is 15.4 Å². The monoisotopic (exact) mass is 383 g/mol. The number of anilines is 1. The lowest BCUT2D eigenvalue weighted by atomic mass is 10.1. The molecule has 3 N–H and O–H groups in total. The highest BCUT2D eigenvalue weighted by Gasteiger charge is 2.24. The van der Waals surface area contributed by atoms with Gasteiger partial charge in [-0.3, -0.25) is 4.79 Å². The van der Waals surface area contributed by atoms with E-state index in [1.54, 1.807) is 32.9 Å². The summed E-state index contributed by atoms with van der Waals surface area (Å²) in [6.07, 6.45) is 3.97. The van der Waals surface area contributed by atoms with Crippen LogP contribution in [0.2, 0.25) is 0 Å². The van der Waals surface area contributed by atoms with Crippen LogP contribution in [0.1, 0.15) is 46.5 Å². The van der Waals surface area contributed by atoms with Gasteiger partial charge >= 0.3 is 0 Å². The summed E-state index contributed by atoms with van der Waals surface area (Å²) in [7, 11) is -3.57. The maximum absolute atomic E-state index is 12.3. The Bertz CT molecular complexity index is 731. The zero-order chi connectivity index (χ0) is 18.7. The second-order valence-electron chi connectivity index (χ2n) is 7.30. The predicted molar refractivity (Wildman–Crippen MR) is 103 cm³/mol. The molecule has 1 aromatic carbocycles. The van der Waals surface area contributed by atoms with Crippen LogP contribution in [0.5, 0.6) is 0 Å². The summed E-state index contributed by atoms with van der Waals surface area (Å²) in [4.78, 5) is 12.2. The lowest BCUT2D eigenvalue weighted by Gasteiger charge is -2.20. The number of thiocarbonyl (C=S) groups is 1.